The van der Waals surface area contributed by atoms with Crippen molar-refractivity contribution >= 4 is 50.4 Å². The van der Waals surface area contributed by atoms with Gasteiger partial charge < -0.3 is 5.73 Å². The third-order valence-corrected chi connectivity index (χ3v) is 6.48. The molecular weight excluding hydrogens is 473 g/mol. The van der Waals surface area contributed by atoms with Gasteiger partial charge in [-0.15, -0.1) is 0 Å². The van der Waals surface area contributed by atoms with E-state index in [0.29, 0.717) is 11.3 Å². The van der Waals surface area contributed by atoms with Gasteiger partial charge in [0.15, 0.2) is 0 Å². The number of primary amides is 1. The Morgan fingerprint density at radius 1 is 1.12 bits per heavy atom. The van der Waals surface area contributed by atoms with Crippen LogP contribution in [0.4, 0.5) is 5.69 Å². The summed E-state index contributed by atoms with van der Waals surface area (Å²) in [4.78, 5) is 24.8. The smallest absolute Gasteiger partial charge is 0.279 e. The highest BCUT2D eigenvalue weighted by Crippen LogP contribution is 2.33. The predicted octanol–water partition coefficient (Wildman–Crippen LogP) is 3.89. The number of benzene rings is 2. The second-order valence-corrected chi connectivity index (χ2v) is 9.54. The van der Waals surface area contributed by atoms with Gasteiger partial charge >= 0.3 is 0 Å². The Kier molecular flexibility index (Phi) is 6.78. The average Bonchev–Trinajstić information content (AvgIpc) is 2.72. The first-order chi connectivity index (χ1) is 15.0. The maximum Gasteiger partial charge on any atom is 0.279 e. The first kappa shape index (κ1) is 23.6. The molecule has 1 heterocycles. The Morgan fingerprint density at radius 2 is 1.78 bits per heavy atom. The van der Waals surface area contributed by atoms with Crippen LogP contribution in [0.2, 0.25) is 10.0 Å². The minimum Gasteiger partial charge on any atom is -0.366 e. The molecule has 0 fully saturated rings. The number of sulfonamides is 1. The van der Waals surface area contributed by atoms with Gasteiger partial charge in [0.05, 0.1) is 16.5 Å². The molecule has 3 aromatic rings. The number of nitrogens with two attached hydrogens (primary N) is 1. The number of nitrogens with zero attached hydrogens (tertiary/aromatic N) is 1. The third kappa shape index (κ3) is 5.04. The normalized spacial score (nSPS) is 11.2. The Balaban J connectivity index is 2.09. The summed E-state index contributed by atoms with van der Waals surface area (Å²) in [6.45, 7) is 5.26. The number of pyridine rings is 1. The zero-order valence-corrected chi connectivity index (χ0v) is 19.3. The van der Waals surface area contributed by atoms with Gasteiger partial charge in [-0.25, -0.2) is 8.42 Å². The molecule has 0 saturated carbocycles. The van der Waals surface area contributed by atoms with E-state index in [1.165, 1.54) is 22.8 Å². The molecule has 32 heavy (non-hydrogen) atoms. The first-order valence-corrected chi connectivity index (χ1v) is 11.7. The molecule has 2 aromatic carbocycles. The molecule has 0 aliphatic rings. The minimum absolute atomic E-state index is 0.0210. The summed E-state index contributed by atoms with van der Waals surface area (Å²) in [5.41, 5.74) is 5.75. The molecule has 0 atom stereocenters. The summed E-state index contributed by atoms with van der Waals surface area (Å²) in [6.07, 6.45) is 0. The van der Waals surface area contributed by atoms with Gasteiger partial charge in [-0.05, 0) is 36.8 Å². The summed E-state index contributed by atoms with van der Waals surface area (Å²) in [6, 6.07) is 14.3. The van der Waals surface area contributed by atoms with Gasteiger partial charge in [-0.2, -0.15) is 0 Å². The fraction of sp³-hybridized carbons (Fsp3) is 0.0909. The summed E-state index contributed by atoms with van der Waals surface area (Å²) >= 11 is 12.6. The molecule has 0 unspecified atom stereocenters. The van der Waals surface area contributed by atoms with Crippen molar-refractivity contribution in [3.8, 4) is 5.69 Å². The fourth-order valence-electron chi connectivity index (χ4n) is 3.09. The molecule has 0 aliphatic heterocycles. The van der Waals surface area contributed by atoms with Gasteiger partial charge in [-0.3, -0.25) is 18.9 Å². The molecule has 0 aliphatic carbocycles. The molecule has 1 aromatic heterocycles. The number of hydrogen-bond donors (Lipinski definition) is 2. The maximum absolute atomic E-state index is 13.2. The molecule has 1 amide bonds. The Bertz CT molecular complexity index is 1380. The number of carbonyl (C=O) groups excluding carboxylic acids is 1. The van der Waals surface area contributed by atoms with Crippen molar-refractivity contribution in [1.82, 2.24) is 4.57 Å². The molecule has 10 heteroatoms. The second kappa shape index (κ2) is 9.20. The topological polar surface area (TPSA) is 111 Å². The van der Waals surface area contributed by atoms with Crippen LogP contribution in [0, 0.1) is 6.92 Å². The number of anilines is 1. The zero-order chi connectivity index (χ0) is 23.6. The van der Waals surface area contributed by atoms with Crippen molar-refractivity contribution in [3.63, 3.8) is 0 Å². The molecule has 7 nitrogen and oxygen atoms in total. The van der Waals surface area contributed by atoms with Crippen LogP contribution in [0.5, 0.6) is 0 Å². The van der Waals surface area contributed by atoms with Gasteiger partial charge in [-0.1, -0.05) is 60.1 Å². The van der Waals surface area contributed by atoms with E-state index in [1.807, 2.05) is 0 Å². The van der Waals surface area contributed by atoms with Crippen molar-refractivity contribution in [2.75, 3.05) is 4.72 Å². The summed E-state index contributed by atoms with van der Waals surface area (Å²) in [5, 5.41) is 0.204. The van der Waals surface area contributed by atoms with Crippen LogP contribution in [0.1, 0.15) is 16.8 Å². The lowest BCUT2D eigenvalue weighted by Gasteiger charge is -2.17. The number of aromatic nitrogens is 1. The largest absolute Gasteiger partial charge is 0.366 e. The number of carbonyl (C=O) groups is 1. The lowest BCUT2D eigenvalue weighted by Crippen LogP contribution is -2.27. The molecule has 3 rings (SSSR count). The lowest BCUT2D eigenvalue weighted by molar-refractivity contribution is -0.112. The van der Waals surface area contributed by atoms with Crippen LogP contribution in [-0.2, 0) is 20.6 Å². The van der Waals surface area contributed by atoms with E-state index in [-0.39, 0.29) is 38.3 Å². The highest BCUT2D eigenvalue weighted by atomic mass is 35.5. The lowest BCUT2D eigenvalue weighted by atomic mass is 10.1. The summed E-state index contributed by atoms with van der Waals surface area (Å²) in [5.74, 6) is -1.10. The van der Waals surface area contributed by atoms with Crippen molar-refractivity contribution in [2.24, 2.45) is 5.73 Å². The Morgan fingerprint density at radius 3 is 2.41 bits per heavy atom. The molecular formula is C22H19Cl2N3O4S. The first-order valence-electron chi connectivity index (χ1n) is 9.26. The molecule has 166 valence electrons. The van der Waals surface area contributed by atoms with Crippen molar-refractivity contribution in [3.05, 3.63) is 98.4 Å². The Hall–Kier alpha value is -3.07. The highest BCUT2D eigenvalue weighted by Gasteiger charge is 2.20. The van der Waals surface area contributed by atoms with Crippen LogP contribution < -0.4 is 16.0 Å². The zero-order valence-electron chi connectivity index (χ0n) is 16.9. The quantitative estimate of drug-likeness (QED) is 0.488. The van der Waals surface area contributed by atoms with Crippen LogP contribution in [0.3, 0.4) is 0 Å². The summed E-state index contributed by atoms with van der Waals surface area (Å²) in [7, 11) is -3.87. The van der Waals surface area contributed by atoms with Gasteiger partial charge in [0.2, 0.25) is 15.9 Å². The number of hydrogen-bond acceptors (Lipinski definition) is 4. The number of nitrogens with one attached hydrogen (secondary N) is 1. The van der Waals surface area contributed by atoms with Gasteiger partial charge in [0.25, 0.3) is 5.56 Å². The molecule has 0 saturated heterocycles. The van der Waals surface area contributed by atoms with Crippen molar-refractivity contribution in [2.45, 2.75) is 12.7 Å². The number of aryl methyl sites for hydroxylation is 1. The van der Waals surface area contributed by atoms with E-state index in [4.69, 9.17) is 28.9 Å². The second-order valence-electron chi connectivity index (χ2n) is 7.00. The van der Waals surface area contributed by atoms with E-state index in [1.54, 1.807) is 43.3 Å². The average molecular weight is 492 g/mol. The number of halogens is 2. The minimum atomic E-state index is -3.87. The predicted molar refractivity (Wildman–Crippen MR) is 128 cm³/mol. The molecule has 0 radical (unpaired) electrons. The van der Waals surface area contributed by atoms with Crippen molar-refractivity contribution < 1.29 is 13.2 Å². The molecule has 3 N–H and O–H groups in total. The van der Waals surface area contributed by atoms with Gasteiger partial charge in [0, 0.05) is 21.9 Å². The van der Waals surface area contributed by atoms with Crippen LogP contribution in [-0.4, -0.2) is 18.9 Å². The third-order valence-electron chi connectivity index (χ3n) is 4.62. The SMILES string of the molecule is C=C(C(N)=O)c1cc(Cl)cc(-n2c(C)ccc(NS(=O)(=O)Cc3ccccc3)c2=O)c1Cl. The van der Waals surface area contributed by atoms with E-state index in [2.05, 4.69) is 11.3 Å². The van der Waals surface area contributed by atoms with Crippen LogP contribution in [0.25, 0.3) is 11.3 Å². The Labute approximate surface area is 195 Å². The molecule has 0 spiro atoms. The number of rotatable bonds is 7. The summed E-state index contributed by atoms with van der Waals surface area (Å²) < 4.78 is 28.8. The van der Waals surface area contributed by atoms with E-state index in [0.717, 1.165) is 0 Å². The van der Waals surface area contributed by atoms with E-state index >= 15 is 0 Å². The standard InChI is InChI=1S/C22H19Cl2N3O4S/c1-13-8-9-18(26-32(30,31)12-15-6-4-3-5-7-15)22(29)27(13)19-11-16(23)10-17(20(19)24)14(2)21(25)28/h3-11,26H,2,12H2,1H3,(H2,25,28). The van der Waals surface area contributed by atoms with Crippen LogP contribution >= 0.6 is 23.2 Å². The van der Waals surface area contributed by atoms with E-state index in [9.17, 15) is 18.0 Å². The van der Waals surface area contributed by atoms with Crippen LogP contribution in [0.15, 0.2) is 66.0 Å². The monoisotopic (exact) mass is 491 g/mol. The maximum atomic E-state index is 13.2. The number of amides is 1. The highest BCUT2D eigenvalue weighted by molar-refractivity contribution is 7.91. The fourth-order valence-corrected chi connectivity index (χ4v) is 4.81. The van der Waals surface area contributed by atoms with E-state index < -0.39 is 21.5 Å². The van der Waals surface area contributed by atoms with Gasteiger partial charge in [0.1, 0.15) is 5.69 Å². The molecule has 0 bridgehead atoms. The van der Waals surface area contributed by atoms with Crippen molar-refractivity contribution in [1.29, 1.82) is 0 Å².